The molecule has 0 N–H and O–H groups in total. The number of halogens is 3. The summed E-state index contributed by atoms with van der Waals surface area (Å²) in [6, 6.07) is 7.96. The van der Waals surface area contributed by atoms with Crippen LogP contribution >= 0.6 is 0 Å². The fraction of sp³-hybridized carbons (Fsp3) is 0.316. The number of rotatable bonds is 7. The minimum absolute atomic E-state index is 0.0631. The van der Waals surface area contributed by atoms with Gasteiger partial charge in [0.25, 0.3) is 5.91 Å². The Morgan fingerprint density at radius 1 is 1.24 bits per heavy atom. The number of alkyl halides is 3. The predicted octanol–water partition coefficient (Wildman–Crippen LogP) is 3.43. The van der Waals surface area contributed by atoms with E-state index in [9.17, 15) is 18.0 Å². The summed E-state index contributed by atoms with van der Waals surface area (Å²) in [7, 11) is 1.66. The largest absolute Gasteiger partial charge is 0.471 e. The Balaban J connectivity index is 1.61. The molecule has 10 heteroatoms. The molecule has 0 saturated carbocycles. The van der Waals surface area contributed by atoms with Gasteiger partial charge in [0.05, 0.1) is 17.8 Å². The van der Waals surface area contributed by atoms with Crippen molar-refractivity contribution < 1.29 is 22.7 Å². The summed E-state index contributed by atoms with van der Waals surface area (Å²) >= 11 is 0. The molecule has 2 aromatic heterocycles. The second-order valence-electron chi connectivity index (χ2n) is 6.34. The Morgan fingerprint density at radius 3 is 2.76 bits per heavy atom. The van der Waals surface area contributed by atoms with Gasteiger partial charge in [-0.25, -0.2) is 4.68 Å². The number of aryl methyl sites for hydroxylation is 1. The summed E-state index contributed by atoms with van der Waals surface area (Å²) < 4.78 is 46.8. The van der Waals surface area contributed by atoms with Gasteiger partial charge in [-0.05, 0) is 37.3 Å². The fourth-order valence-electron chi connectivity index (χ4n) is 2.74. The zero-order valence-electron chi connectivity index (χ0n) is 15.9. The summed E-state index contributed by atoms with van der Waals surface area (Å²) in [6.45, 7) is 2.91. The highest BCUT2D eigenvalue weighted by molar-refractivity contribution is 5.91. The molecular weight excluding hydrogens is 387 g/mol. The van der Waals surface area contributed by atoms with Crippen LogP contribution in [0, 0.1) is 0 Å². The normalized spacial score (nSPS) is 11.5. The van der Waals surface area contributed by atoms with Gasteiger partial charge in [-0.15, -0.1) is 0 Å². The Hall–Kier alpha value is -3.30. The molecule has 0 aliphatic rings. The Bertz CT molecular complexity index is 980. The van der Waals surface area contributed by atoms with E-state index in [0.29, 0.717) is 13.1 Å². The molecule has 0 saturated heterocycles. The second kappa shape index (κ2) is 8.38. The molecule has 0 radical (unpaired) electrons. The van der Waals surface area contributed by atoms with E-state index in [1.54, 1.807) is 17.9 Å². The topological polar surface area (TPSA) is 65.2 Å². The first-order valence-corrected chi connectivity index (χ1v) is 8.87. The van der Waals surface area contributed by atoms with Crippen molar-refractivity contribution in [3.8, 4) is 5.75 Å². The molecule has 0 aliphatic carbocycles. The Labute approximate surface area is 165 Å². The van der Waals surface area contributed by atoms with E-state index in [1.807, 2.05) is 13.0 Å². The molecular formula is C19H20F3N5O2. The van der Waals surface area contributed by atoms with Crippen LogP contribution in [0.1, 0.15) is 28.7 Å². The van der Waals surface area contributed by atoms with Gasteiger partial charge in [0, 0.05) is 26.0 Å². The third kappa shape index (κ3) is 4.95. The smallest absolute Gasteiger partial charge is 0.416 e. The lowest BCUT2D eigenvalue weighted by Crippen LogP contribution is -2.28. The van der Waals surface area contributed by atoms with Crippen molar-refractivity contribution in [3.63, 3.8) is 0 Å². The number of hydrogen-bond acceptors (Lipinski definition) is 4. The Morgan fingerprint density at radius 2 is 2.03 bits per heavy atom. The summed E-state index contributed by atoms with van der Waals surface area (Å²) in [5, 5.41) is 8.32. The molecule has 1 aromatic carbocycles. The third-order valence-corrected chi connectivity index (χ3v) is 4.23. The minimum atomic E-state index is -4.44. The lowest BCUT2D eigenvalue weighted by Gasteiger charge is -2.16. The molecule has 7 nitrogen and oxygen atoms in total. The van der Waals surface area contributed by atoms with Crippen molar-refractivity contribution in [2.45, 2.75) is 32.9 Å². The number of nitrogens with zero attached hydrogens (tertiary/aromatic N) is 5. The number of amides is 1. The van der Waals surface area contributed by atoms with Crippen LogP contribution in [0.15, 0.2) is 48.8 Å². The SMILES string of the molecule is CCn1nccc1CN(C)C(=O)c1ccn(COc2cccc(C(F)(F)F)c2)n1. The number of ether oxygens (including phenoxy) is 1. The predicted molar refractivity (Wildman–Crippen MR) is 98.0 cm³/mol. The van der Waals surface area contributed by atoms with Gasteiger partial charge in [-0.1, -0.05) is 6.07 Å². The van der Waals surface area contributed by atoms with Crippen LogP contribution in [0.25, 0.3) is 0 Å². The molecule has 0 atom stereocenters. The minimum Gasteiger partial charge on any atom is -0.471 e. The van der Waals surface area contributed by atoms with E-state index in [1.165, 1.54) is 34.0 Å². The number of benzene rings is 1. The number of hydrogen-bond donors (Lipinski definition) is 0. The van der Waals surface area contributed by atoms with Crippen molar-refractivity contribution in [1.29, 1.82) is 0 Å². The van der Waals surface area contributed by atoms with Gasteiger partial charge >= 0.3 is 6.18 Å². The summed E-state index contributed by atoms with van der Waals surface area (Å²) in [5.41, 5.74) is 0.317. The highest BCUT2D eigenvalue weighted by Gasteiger charge is 2.30. The maximum atomic E-state index is 12.8. The molecule has 0 unspecified atom stereocenters. The molecule has 0 bridgehead atoms. The maximum absolute atomic E-state index is 12.8. The highest BCUT2D eigenvalue weighted by Crippen LogP contribution is 2.31. The highest BCUT2D eigenvalue weighted by atomic mass is 19.4. The molecule has 3 aromatic rings. The fourth-order valence-corrected chi connectivity index (χ4v) is 2.74. The molecule has 0 aliphatic heterocycles. The quantitative estimate of drug-likeness (QED) is 0.602. The summed E-state index contributed by atoms with van der Waals surface area (Å²) in [5.74, 6) is -0.222. The van der Waals surface area contributed by atoms with E-state index in [0.717, 1.165) is 17.8 Å². The van der Waals surface area contributed by atoms with E-state index in [-0.39, 0.29) is 24.1 Å². The van der Waals surface area contributed by atoms with E-state index in [2.05, 4.69) is 10.2 Å². The number of carbonyl (C=O) groups excluding carboxylic acids is 1. The van der Waals surface area contributed by atoms with Crippen LogP contribution in [-0.2, 0) is 26.0 Å². The molecule has 2 heterocycles. The second-order valence-corrected chi connectivity index (χ2v) is 6.34. The average molecular weight is 407 g/mol. The third-order valence-electron chi connectivity index (χ3n) is 4.23. The van der Waals surface area contributed by atoms with Crippen molar-refractivity contribution in [2.24, 2.45) is 0 Å². The van der Waals surface area contributed by atoms with Crippen LogP contribution < -0.4 is 4.74 Å². The van der Waals surface area contributed by atoms with Crippen molar-refractivity contribution in [1.82, 2.24) is 24.5 Å². The van der Waals surface area contributed by atoms with Gasteiger partial charge in [-0.3, -0.25) is 9.48 Å². The van der Waals surface area contributed by atoms with Crippen molar-refractivity contribution >= 4 is 5.91 Å². The number of aromatic nitrogens is 4. The first-order chi connectivity index (χ1) is 13.8. The van der Waals surface area contributed by atoms with Crippen molar-refractivity contribution in [3.05, 3.63) is 65.7 Å². The maximum Gasteiger partial charge on any atom is 0.416 e. The van der Waals surface area contributed by atoms with Crippen molar-refractivity contribution in [2.75, 3.05) is 7.05 Å². The van der Waals surface area contributed by atoms with Crippen LogP contribution in [0.4, 0.5) is 13.2 Å². The van der Waals surface area contributed by atoms with Gasteiger partial charge in [0.15, 0.2) is 12.4 Å². The number of carbonyl (C=O) groups is 1. The van der Waals surface area contributed by atoms with E-state index in [4.69, 9.17) is 4.74 Å². The lowest BCUT2D eigenvalue weighted by molar-refractivity contribution is -0.137. The van der Waals surface area contributed by atoms with Crippen LogP contribution in [0.2, 0.25) is 0 Å². The van der Waals surface area contributed by atoms with Crippen LogP contribution in [0.5, 0.6) is 5.75 Å². The zero-order valence-corrected chi connectivity index (χ0v) is 15.9. The molecule has 29 heavy (non-hydrogen) atoms. The van der Waals surface area contributed by atoms with Gasteiger partial charge in [0.2, 0.25) is 0 Å². The lowest BCUT2D eigenvalue weighted by atomic mass is 10.2. The van der Waals surface area contributed by atoms with E-state index < -0.39 is 11.7 Å². The van der Waals surface area contributed by atoms with Crippen LogP contribution in [0.3, 0.4) is 0 Å². The molecule has 0 fully saturated rings. The molecule has 1 amide bonds. The van der Waals surface area contributed by atoms with E-state index >= 15 is 0 Å². The first-order valence-electron chi connectivity index (χ1n) is 8.87. The molecule has 3 rings (SSSR count). The first kappa shape index (κ1) is 20.4. The zero-order chi connectivity index (χ0) is 21.0. The van der Waals surface area contributed by atoms with Crippen LogP contribution in [-0.4, -0.2) is 37.4 Å². The summed E-state index contributed by atoms with van der Waals surface area (Å²) in [4.78, 5) is 14.1. The average Bonchev–Trinajstić information content (AvgIpc) is 3.34. The molecule has 154 valence electrons. The molecule has 0 spiro atoms. The monoisotopic (exact) mass is 407 g/mol. The van der Waals surface area contributed by atoms with Gasteiger partial charge in [-0.2, -0.15) is 23.4 Å². The van der Waals surface area contributed by atoms with Gasteiger partial charge < -0.3 is 9.64 Å². The standard InChI is InChI=1S/C19H20F3N5O2/c1-3-27-15(7-9-23-27)12-25(2)18(28)17-8-10-26(24-17)13-29-16-6-4-5-14(11-16)19(20,21)22/h4-11H,3,12-13H2,1-2H3. The van der Waals surface area contributed by atoms with Gasteiger partial charge in [0.1, 0.15) is 5.75 Å². The summed E-state index contributed by atoms with van der Waals surface area (Å²) in [6.07, 6.45) is -1.23. The Kier molecular flexibility index (Phi) is 5.90.